The van der Waals surface area contributed by atoms with E-state index < -0.39 is 0 Å². The lowest BCUT2D eigenvalue weighted by Crippen LogP contribution is -2.14. The number of unbranched alkanes of at least 4 members (excludes halogenated alkanes) is 5. The fourth-order valence-corrected chi connectivity index (χ4v) is 3.67. The highest BCUT2D eigenvalue weighted by molar-refractivity contribution is 5.86. The van der Waals surface area contributed by atoms with Crippen molar-refractivity contribution >= 4 is 5.97 Å². The van der Waals surface area contributed by atoms with Gasteiger partial charge in [0.25, 0.3) is 0 Å². The molecule has 2 heteroatoms. The van der Waals surface area contributed by atoms with E-state index in [1.165, 1.54) is 77.0 Å². The van der Waals surface area contributed by atoms with E-state index in [1.807, 2.05) is 0 Å². The first-order valence-corrected chi connectivity index (χ1v) is 9.96. The Bertz CT molecular complexity index is 327. The van der Waals surface area contributed by atoms with Gasteiger partial charge in [0.2, 0.25) is 0 Å². The molecule has 0 spiro atoms. The molecular formula is C21H38O2. The van der Waals surface area contributed by atoms with Gasteiger partial charge >= 0.3 is 5.97 Å². The van der Waals surface area contributed by atoms with E-state index in [2.05, 4.69) is 13.5 Å². The Morgan fingerprint density at radius 2 is 1.43 bits per heavy atom. The third kappa shape index (κ3) is 9.84. The number of hydrogen-bond acceptors (Lipinski definition) is 2. The van der Waals surface area contributed by atoms with Crippen LogP contribution in [0.5, 0.6) is 0 Å². The normalized spacial score (nSPS) is 21.1. The summed E-state index contributed by atoms with van der Waals surface area (Å²) >= 11 is 0. The van der Waals surface area contributed by atoms with Crippen LogP contribution in [0.1, 0.15) is 97.3 Å². The van der Waals surface area contributed by atoms with Crippen molar-refractivity contribution in [3.63, 3.8) is 0 Å². The number of carbonyl (C=O) groups is 1. The van der Waals surface area contributed by atoms with Crippen LogP contribution in [0.2, 0.25) is 0 Å². The molecule has 0 heterocycles. The Labute approximate surface area is 144 Å². The van der Waals surface area contributed by atoms with E-state index in [0.717, 1.165) is 18.3 Å². The minimum Gasteiger partial charge on any atom is -0.462 e. The number of esters is 1. The molecule has 0 unspecified atom stereocenters. The zero-order chi connectivity index (χ0) is 16.9. The highest BCUT2D eigenvalue weighted by Crippen LogP contribution is 2.34. The lowest BCUT2D eigenvalue weighted by Gasteiger charge is -2.28. The fraction of sp³-hybridized carbons (Fsp3) is 0.857. The van der Waals surface area contributed by atoms with Crippen molar-refractivity contribution in [3.8, 4) is 0 Å². The first-order valence-electron chi connectivity index (χ1n) is 9.96. The van der Waals surface area contributed by atoms with E-state index in [-0.39, 0.29) is 5.97 Å². The molecule has 1 saturated carbocycles. The minimum atomic E-state index is -0.248. The van der Waals surface area contributed by atoms with Gasteiger partial charge in [-0.3, -0.25) is 0 Å². The summed E-state index contributed by atoms with van der Waals surface area (Å²) in [6, 6.07) is 0. The van der Waals surface area contributed by atoms with Gasteiger partial charge in [-0.05, 0) is 25.2 Å². The van der Waals surface area contributed by atoms with E-state index in [9.17, 15) is 4.79 Å². The van der Waals surface area contributed by atoms with Crippen LogP contribution in [0.25, 0.3) is 0 Å². The van der Waals surface area contributed by atoms with Crippen molar-refractivity contribution in [1.29, 1.82) is 0 Å². The van der Waals surface area contributed by atoms with Gasteiger partial charge in [0.05, 0.1) is 6.61 Å². The summed E-state index contributed by atoms with van der Waals surface area (Å²) in [6.45, 7) is 8.13. The van der Waals surface area contributed by atoms with Crippen LogP contribution in [0.4, 0.5) is 0 Å². The van der Waals surface area contributed by atoms with Gasteiger partial charge in [-0.15, -0.1) is 0 Å². The van der Waals surface area contributed by atoms with Crippen LogP contribution in [0, 0.1) is 11.8 Å². The molecule has 0 bridgehead atoms. The number of rotatable bonds is 12. The third-order valence-corrected chi connectivity index (χ3v) is 5.27. The van der Waals surface area contributed by atoms with Gasteiger partial charge in [-0.2, -0.15) is 0 Å². The monoisotopic (exact) mass is 322 g/mol. The molecule has 2 nitrogen and oxygen atoms in total. The molecule has 0 atom stereocenters. The molecule has 0 aromatic carbocycles. The maximum absolute atomic E-state index is 11.2. The Balaban J connectivity index is 1.94. The fourth-order valence-electron chi connectivity index (χ4n) is 3.67. The molecule has 1 aliphatic carbocycles. The summed E-state index contributed by atoms with van der Waals surface area (Å²) < 4.78 is 5.13. The molecule has 0 aliphatic heterocycles. The number of carbonyl (C=O) groups excluding carboxylic acids is 1. The van der Waals surface area contributed by atoms with Crippen molar-refractivity contribution in [2.24, 2.45) is 11.8 Å². The molecule has 23 heavy (non-hydrogen) atoms. The van der Waals surface area contributed by atoms with E-state index in [0.29, 0.717) is 12.2 Å². The lowest BCUT2D eigenvalue weighted by molar-refractivity contribution is -0.139. The van der Waals surface area contributed by atoms with Gasteiger partial charge in [-0.1, -0.05) is 90.6 Å². The van der Waals surface area contributed by atoms with Gasteiger partial charge in [-0.25, -0.2) is 4.79 Å². The lowest BCUT2D eigenvalue weighted by atomic mass is 9.78. The van der Waals surface area contributed by atoms with Crippen LogP contribution in [0.3, 0.4) is 0 Å². The molecule has 0 aromatic heterocycles. The summed E-state index contributed by atoms with van der Waals surface area (Å²) in [5.74, 6) is 1.73. The first kappa shape index (κ1) is 20.3. The third-order valence-electron chi connectivity index (χ3n) is 5.27. The van der Waals surface area contributed by atoms with Crippen molar-refractivity contribution in [1.82, 2.24) is 0 Å². The van der Waals surface area contributed by atoms with Crippen LogP contribution < -0.4 is 0 Å². The Morgan fingerprint density at radius 1 is 0.913 bits per heavy atom. The van der Waals surface area contributed by atoms with Gasteiger partial charge < -0.3 is 4.74 Å². The zero-order valence-corrected chi connectivity index (χ0v) is 15.6. The second-order valence-electron chi connectivity index (χ2n) is 7.50. The van der Waals surface area contributed by atoms with E-state index in [4.69, 9.17) is 4.74 Å². The molecule has 1 fully saturated rings. The predicted octanol–water partition coefficient (Wildman–Crippen LogP) is 6.44. The maximum atomic E-state index is 11.2. The summed E-state index contributed by atoms with van der Waals surface area (Å²) in [7, 11) is 0. The highest BCUT2D eigenvalue weighted by Gasteiger charge is 2.20. The second kappa shape index (κ2) is 12.6. The second-order valence-corrected chi connectivity index (χ2v) is 7.50. The van der Waals surface area contributed by atoms with Crippen LogP contribution in [-0.4, -0.2) is 12.6 Å². The minimum absolute atomic E-state index is 0.248. The van der Waals surface area contributed by atoms with Crippen LogP contribution in [-0.2, 0) is 9.53 Å². The number of ether oxygens (including phenoxy) is 1. The molecule has 1 aliphatic rings. The smallest absolute Gasteiger partial charge is 0.333 e. The maximum Gasteiger partial charge on any atom is 0.333 e. The number of hydrogen-bond donors (Lipinski definition) is 0. The van der Waals surface area contributed by atoms with Gasteiger partial charge in [0.1, 0.15) is 0 Å². The predicted molar refractivity (Wildman–Crippen MR) is 98.4 cm³/mol. The van der Waals surface area contributed by atoms with E-state index >= 15 is 0 Å². The topological polar surface area (TPSA) is 26.3 Å². The van der Waals surface area contributed by atoms with Crippen molar-refractivity contribution in [2.75, 3.05) is 6.61 Å². The first-order chi connectivity index (χ1) is 11.1. The molecular weight excluding hydrogens is 284 g/mol. The zero-order valence-electron chi connectivity index (χ0n) is 15.6. The largest absolute Gasteiger partial charge is 0.462 e. The Hall–Kier alpha value is -0.790. The van der Waals surface area contributed by atoms with Crippen molar-refractivity contribution in [2.45, 2.75) is 97.3 Å². The standard InChI is InChI=1S/C21H38O2/c1-4-5-6-8-11-19-13-15-20(16-14-19)12-9-7-10-17-23-21(22)18(2)3/h19-20H,2,4-17H2,1,3H3. The molecule has 0 aromatic rings. The highest BCUT2D eigenvalue weighted by atomic mass is 16.5. The summed E-state index contributed by atoms with van der Waals surface area (Å²) in [5.41, 5.74) is 0.497. The quantitative estimate of drug-likeness (QED) is 0.235. The van der Waals surface area contributed by atoms with Crippen LogP contribution >= 0.6 is 0 Å². The van der Waals surface area contributed by atoms with Crippen LogP contribution in [0.15, 0.2) is 12.2 Å². The van der Waals surface area contributed by atoms with E-state index in [1.54, 1.807) is 6.92 Å². The summed E-state index contributed by atoms with van der Waals surface area (Å²) in [6.07, 6.45) is 17.8. The average Bonchev–Trinajstić information content (AvgIpc) is 2.55. The molecule has 0 radical (unpaired) electrons. The Morgan fingerprint density at radius 3 is 1.91 bits per heavy atom. The molecule has 1 rings (SSSR count). The SMILES string of the molecule is C=C(C)C(=O)OCCCCCC1CCC(CCCCCC)CC1. The van der Waals surface area contributed by atoms with Crippen molar-refractivity contribution in [3.05, 3.63) is 12.2 Å². The molecule has 0 amide bonds. The summed E-state index contributed by atoms with van der Waals surface area (Å²) in [5, 5.41) is 0. The molecule has 0 saturated heterocycles. The molecule has 0 N–H and O–H groups in total. The van der Waals surface area contributed by atoms with Gasteiger partial charge in [0.15, 0.2) is 0 Å². The average molecular weight is 323 g/mol. The molecule has 134 valence electrons. The van der Waals surface area contributed by atoms with Gasteiger partial charge in [0, 0.05) is 5.57 Å². The van der Waals surface area contributed by atoms with Crippen molar-refractivity contribution < 1.29 is 9.53 Å². The summed E-state index contributed by atoms with van der Waals surface area (Å²) in [4.78, 5) is 11.2. The Kier molecular flexibility index (Phi) is 11.1.